The van der Waals surface area contributed by atoms with Crippen LogP contribution in [0.2, 0.25) is 5.02 Å². The predicted octanol–water partition coefficient (Wildman–Crippen LogP) is 3.43. The first-order valence-electron chi connectivity index (χ1n) is 6.69. The van der Waals surface area contributed by atoms with E-state index < -0.39 is 5.91 Å². The van der Waals surface area contributed by atoms with E-state index in [9.17, 15) is 9.90 Å². The van der Waals surface area contributed by atoms with Gasteiger partial charge in [0.1, 0.15) is 5.75 Å². The third-order valence-electron chi connectivity index (χ3n) is 3.07. The summed E-state index contributed by atoms with van der Waals surface area (Å²) in [5.74, 6) is 0.298. The van der Waals surface area contributed by atoms with Gasteiger partial charge in [0.15, 0.2) is 11.5 Å². The van der Waals surface area contributed by atoms with Crippen molar-refractivity contribution in [3.63, 3.8) is 0 Å². The van der Waals surface area contributed by atoms with Crippen LogP contribution in [0.1, 0.15) is 15.9 Å². The minimum atomic E-state index is -0.408. The van der Waals surface area contributed by atoms with Gasteiger partial charge in [0.2, 0.25) is 0 Å². The number of phenols is 1. The Morgan fingerprint density at radius 3 is 2.62 bits per heavy atom. The molecule has 0 saturated heterocycles. The van der Waals surface area contributed by atoms with Crippen LogP contribution in [0.5, 0.6) is 17.2 Å². The topological polar surface area (TPSA) is 80.2 Å². The number of nitrogens with zero attached hydrogens (tertiary/aromatic N) is 1. The summed E-state index contributed by atoms with van der Waals surface area (Å²) >= 11 is 8.04. The fraction of sp³-hybridized carbons (Fsp3) is 0.125. The van der Waals surface area contributed by atoms with Crippen molar-refractivity contribution < 1.29 is 19.4 Å². The Morgan fingerprint density at radius 1 is 1.25 bits per heavy atom. The number of ether oxygens (including phenoxy) is 2. The third-order valence-corrected chi connectivity index (χ3v) is 4.18. The second-order valence-corrected chi connectivity index (χ2v) is 6.19. The number of hydrazone groups is 1. The number of halogens is 2. The van der Waals surface area contributed by atoms with E-state index in [1.807, 2.05) is 0 Å². The second-order valence-electron chi connectivity index (χ2n) is 4.59. The number of aromatic hydroxyl groups is 1. The first-order valence-corrected chi connectivity index (χ1v) is 8.15. The molecule has 0 aliphatic rings. The molecule has 2 rings (SSSR count). The summed E-state index contributed by atoms with van der Waals surface area (Å²) in [6.07, 6.45) is 1.28. The summed E-state index contributed by atoms with van der Waals surface area (Å²) in [4.78, 5) is 12.1. The van der Waals surface area contributed by atoms with Crippen molar-refractivity contribution in [2.75, 3.05) is 14.2 Å². The first kappa shape index (κ1) is 18.3. The van der Waals surface area contributed by atoms with Crippen LogP contribution in [0.4, 0.5) is 0 Å². The van der Waals surface area contributed by atoms with E-state index in [0.29, 0.717) is 21.9 Å². The highest BCUT2D eigenvalue weighted by Gasteiger charge is 2.10. The van der Waals surface area contributed by atoms with Gasteiger partial charge in [-0.25, -0.2) is 5.43 Å². The van der Waals surface area contributed by atoms with Crippen LogP contribution in [0.25, 0.3) is 0 Å². The number of hydrogen-bond acceptors (Lipinski definition) is 5. The number of methoxy groups -OCH3 is 2. The second kappa shape index (κ2) is 8.20. The zero-order chi connectivity index (χ0) is 17.7. The Bertz CT molecular complexity index is 796. The zero-order valence-electron chi connectivity index (χ0n) is 12.8. The Hall–Kier alpha value is -2.00. The summed E-state index contributed by atoms with van der Waals surface area (Å²) in [7, 11) is 2.95. The molecule has 8 heteroatoms. The predicted molar refractivity (Wildman–Crippen MR) is 100 cm³/mol. The van der Waals surface area contributed by atoms with Crippen LogP contribution in [0, 0.1) is 3.57 Å². The molecule has 1 amide bonds. The normalized spacial score (nSPS) is 10.7. The van der Waals surface area contributed by atoms with Crippen molar-refractivity contribution in [1.82, 2.24) is 5.43 Å². The summed E-state index contributed by atoms with van der Waals surface area (Å²) < 4.78 is 11.1. The molecule has 24 heavy (non-hydrogen) atoms. The van der Waals surface area contributed by atoms with Crippen LogP contribution in [-0.2, 0) is 0 Å². The fourth-order valence-corrected chi connectivity index (χ4v) is 2.65. The van der Waals surface area contributed by atoms with Crippen molar-refractivity contribution in [2.24, 2.45) is 5.10 Å². The van der Waals surface area contributed by atoms with Crippen LogP contribution in [0.15, 0.2) is 35.4 Å². The van der Waals surface area contributed by atoms with E-state index in [1.165, 1.54) is 32.6 Å². The Kier molecular flexibility index (Phi) is 6.27. The van der Waals surface area contributed by atoms with E-state index in [0.717, 1.165) is 3.57 Å². The van der Waals surface area contributed by atoms with Crippen molar-refractivity contribution in [3.05, 3.63) is 50.1 Å². The van der Waals surface area contributed by atoms with Gasteiger partial charge in [-0.05, 0) is 46.9 Å². The molecule has 0 aliphatic heterocycles. The maximum absolute atomic E-state index is 12.1. The molecular weight excluding hydrogens is 447 g/mol. The zero-order valence-corrected chi connectivity index (χ0v) is 15.8. The maximum atomic E-state index is 12.1. The van der Waals surface area contributed by atoms with Gasteiger partial charge in [-0.2, -0.15) is 5.10 Å². The van der Waals surface area contributed by atoms with Gasteiger partial charge in [0.25, 0.3) is 5.91 Å². The van der Waals surface area contributed by atoms with Gasteiger partial charge in [-0.1, -0.05) is 11.6 Å². The van der Waals surface area contributed by atoms with Crippen molar-refractivity contribution >= 4 is 46.3 Å². The molecular formula is C16H14ClIN2O4. The third kappa shape index (κ3) is 4.30. The number of benzene rings is 2. The van der Waals surface area contributed by atoms with E-state index in [2.05, 4.69) is 33.1 Å². The number of rotatable bonds is 5. The number of nitrogens with one attached hydrogen (secondary N) is 1. The molecule has 2 N–H and O–H groups in total. The minimum absolute atomic E-state index is 0.115. The Labute approximate surface area is 157 Å². The lowest BCUT2D eigenvalue weighted by molar-refractivity contribution is 0.0954. The van der Waals surface area contributed by atoms with Crippen LogP contribution in [-0.4, -0.2) is 31.4 Å². The van der Waals surface area contributed by atoms with E-state index in [1.54, 1.807) is 18.2 Å². The highest BCUT2D eigenvalue weighted by molar-refractivity contribution is 14.1. The standard InChI is InChI=1S/C16H14ClIN2O4/c1-23-13-6-9(3-4-12(13)18)16(22)20-19-8-10-5-11(17)7-14(24-2)15(10)21/h3-8,21H,1-2H3,(H,20,22). The van der Waals surface area contributed by atoms with E-state index in [-0.39, 0.29) is 11.5 Å². The average molecular weight is 461 g/mol. The summed E-state index contributed by atoms with van der Waals surface area (Å²) in [6, 6.07) is 8.03. The molecule has 2 aromatic rings. The van der Waals surface area contributed by atoms with Crippen molar-refractivity contribution in [1.29, 1.82) is 0 Å². The lowest BCUT2D eigenvalue weighted by Crippen LogP contribution is -2.17. The molecule has 0 bridgehead atoms. The van der Waals surface area contributed by atoms with E-state index >= 15 is 0 Å². The van der Waals surface area contributed by atoms with Gasteiger partial charge in [0, 0.05) is 22.2 Å². The Morgan fingerprint density at radius 2 is 1.96 bits per heavy atom. The fourth-order valence-electron chi connectivity index (χ4n) is 1.87. The van der Waals surface area contributed by atoms with Gasteiger partial charge in [0.05, 0.1) is 24.0 Å². The maximum Gasteiger partial charge on any atom is 0.271 e. The molecule has 6 nitrogen and oxygen atoms in total. The molecule has 0 heterocycles. The average Bonchev–Trinajstić information content (AvgIpc) is 2.57. The lowest BCUT2D eigenvalue weighted by Gasteiger charge is -2.07. The minimum Gasteiger partial charge on any atom is -0.504 e. The van der Waals surface area contributed by atoms with Gasteiger partial charge < -0.3 is 14.6 Å². The summed E-state index contributed by atoms with van der Waals surface area (Å²) in [5.41, 5.74) is 3.10. The number of hydrogen-bond donors (Lipinski definition) is 2. The highest BCUT2D eigenvalue weighted by Crippen LogP contribution is 2.32. The summed E-state index contributed by atoms with van der Waals surface area (Å²) in [6.45, 7) is 0. The van der Waals surface area contributed by atoms with E-state index in [4.69, 9.17) is 21.1 Å². The first-order chi connectivity index (χ1) is 11.5. The molecule has 0 atom stereocenters. The molecule has 0 saturated carbocycles. The highest BCUT2D eigenvalue weighted by atomic mass is 127. The summed E-state index contributed by atoms with van der Waals surface area (Å²) in [5, 5.41) is 14.2. The quantitative estimate of drug-likeness (QED) is 0.407. The molecule has 0 aliphatic carbocycles. The molecule has 0 radical (unpaired) electrons. The van der Waals surface area contributed by atoms with Gasteiger partial charge in [-0.3, -0.25) is 4.79 Å². The molecule has 0 unspecified atom stereocenters. The van der Waals surface area contributed by atoms with Gasteiger partial charge >= 0.3 is 0 Å². The van der Waals surface area contributed by atoms with Crippen LogP contribution in [0.3, 0.4) is 0 Å². The molecule has 2 aromatic carbocycles. The number of carbonyl (C=O) groups is 1. The molecule has 126 valence electrons. The monoisotopic (exact) mass is 460 g/mol. The number of amides is 1. The SMILES string of the molecule is COc1cc(C(=O)NN=Cc2cc(Cl)cc(OC)c2O)ccc1I. The molecule has 0 aromatic heterocycles. The largest absolute Gasteiger partial charge is 0.504 e. The van der Waals surface area contributed by atoms with Crippen molar-refractivity contribution in [2.45, 2.75) is 0 Å². The lowest BCUT2D eigenvalue weighted by atomic mass is 10.2. The van der Waals surface area contributed by atoms with Crippen molar-refractivity contribution in [3.8, 4) is 17.2 Å². The van der Waals surface area contributed by atoms with Crippen LogP contribution >= 0.6 is 34.2 Å². The number of carbonyl (C=O) groups excluding carboxylic acids is 1. The smallest absolute Gasteiger partial charge is 0.271 e. The number of phenolic OH excluding ortho intramolecular Hbond substituents is 1. The molecule has 0 spiro atoms. The Balaban J connectivity index is 2.14. The van der Waals surface area contributed by atoms with Crippen LogP contribution < -0.4 is 14.9 Å². The van der Waals surface area contributed by atoms with Gasteiger partial charge in [-0.15, -0.1) is 0 Å². The molecule has 0 fully saturated rings.